The number of unbranched alkanes of at least 4 members (excludes halogenated alkanes) is 34. The summed E-state index contributed by atoms with van der Waals surface area (Å²) >= 11 is 0. The average molecular weight is 1030 g/mol. The molecule has 0 amide bonds. The van der Waals surface area contributed by atoms with Gasteiger partial charge in [-0.15, -0.1) is 0 Å². The van der Waals surface area contributed by atoms with E-state index >= 15 is 0 Å². The van der Waals surface area contributed by atoms with Crippen LogP contribution in [0.25, 0.3) is 0 Å². The van der Waals surface area contributed by atoms with Crippen molar-refractivity contribution in [3.05, 3.63) is 97.2 Å². The Balaban J connectivity index is 3.45. The molecule has 0 radical (unpaired) electrons. The molecule has 0 aromatic heterocycles. The highest BCUT2D eigenvalue weighted by Crippen LogP contribution is 2.17. The van der Waals surface area contributed by atoms with Gasteiger partial charge in [-0.25, -0.2) is 0 Å². The summed E-state index contributed by atoms with van der Waals surface area (Å²) in [5.74, 6) is -0.596. The Morgan fingerprint density at radius 2 is 0.581 bits per heavy atom. The molecule has 0 aromatic rings. The lowest BCUT2D eigenvalue weighted by molar-refractivity contribution is -0.161. The van der Waals surface area contributed by atoms with Gasteiger partial charge < -0.3 is 14.6 Å². The number of carbonyl (C=O) groups excluding carboxylic acids is 2. The normalized spacial score (nSPS) is 12.9. The minimum atomic E-state index is -0.781. The van der Waals surface area contributed by atoms with Crippen LogP contribution in [0.2, 0.25) is 0 Å². The fourth-order valence-electron chi connectivity index (χ4n) is 9.12. The number of hydrogen-bond acceptors (Lipinski definition) is 5. The molecule has 0 aromatic carbocycles. The van der Waals surface area contributed by atoms with Gasteiger partial charge in [-0.3, -0.25) is 9.59 Å². The van der Waals surface area contributed by atoms with E-state index in [1.807, 2.05) is 0 Å². The molecule has 0 heterocycles. The van der Waals surface area contributed by atoms with Crippen LogP contribution in [0, 0.1) is 0 Å². The third-order valence-electron chi connectivity index (χ3n) is 13.9. The summed E-state index contributed by atoms with van der Waals surface area (Å²) in [5, 5.41) is 9.67. The first-order valence-electron chi connectivity index (χ1n) is 31.8. The van der Waals surface area contributed by atoms with Gasteiger partial charge in [-0.2, -0.15) is 0 Å². The summed E-state index contributed by atoms with van der Waals surface area (Å²) in [5.41, 5.74) is 0. The molecule has 5 heteroatoms. The summed E-state index contributed by atoms with van der Waals surface area (Å²) < 4.78 is 10.7. The van der Waals surface area contributed by atoms with E-state index < -0.39 is 6.10 Å². The molecule has 0 aliphatic heterocycles. The molecule has 5 nitrogen and oxygen atoms in total. The fraction of sp³-hybridized carbons (Fsp3) is 0.739. The topological polar surface area (TPSA) is 72.8 Å². The van der Waals surface area contributed by atoms with Crippen molar-refractivity contribution in [3.63, 3.8) is 0 Å². The second kappa shape index (κ2) is 64.1. The minimum absolute atomic E-state index is 0.0729. The van der Waals surface area contributed by atoms with Crippen molar-refractivity contribution < 1.29 is 24.2 Å². The van der Waals surface area contributed by atoms with Gasteiger partial charge in [-0.05, 0) is 96.3 Å². The van der Waals surface area contributed by atoms with E-state index in [1.54, 1.807) is 0 Å². The molecule has 0 fully saturated rings. The van der Waals surface area contributed by atoms with Crippen LogP contribution in [0.5, 0.6) is 0 Å². The Hall–Kier alpha value is -3.18. The standard InChI is InChI=1S/C69H120O5/c1-3-5-7-9-11-13-15-17-19-21-23-25-26-27-28-29-30-31-32-33-34-35-36-37-38-39-40-41-42-44-46-48-50-52-54-56-58-60-62-64-69(72)74-67(65-70)66-73-68(71)63-61-59-57-55-53-51-49-47-45-43-24-22-20-18-16-14-12-10-8-6-4-2/h5,7,11,13,16-19,22-25,27-28,45,47,67,70H,3-4,6,8-10,12,14-15,20-21,26,29-44,46,48-66H2,1-2H3/b7-5-,13-11-,18-16-,19-17-,24-22-,25-23-,28-27-,47-45-. The van der Waals surface area contributed by atoms with E-state index in [0.29, 0.717) is 12.8 Å². The lowest BCUT2D eigenvalue weighted by Crippen LogP contribution is -2.28. The van der Waals surface area contributed by atoms with Crippen LogP contribution < -0.4 is 0 Å². The minimum Gasteiger partial charge on any atom is -0.462 e. The van der Waals surface area contributed by atoms with Crippen LogP contribution in [-0.2, 0) is 19.1 Å². The van der Waals surface area contributed by atoms with Crippen LogP contribution in [0.15, 0.2) is 97.2 Å². The third-order valence-corrected chi connectivity index (χ3v) is 13.9. The smallest absolute Gasteiger partial charge is 0.306 e. The maximum Gasteiger partial charge on any atom is 0.306 e. The van der Waals surface area contributed by atoms with E-state index in [1.165, 1.54) is 193 Å². The van der Waals surface area contributed by atoms with Crippen LogP contribution in [0.4, 0.5) is 0 Å². The molecule has 1 unspecified atom stereocenters. The zero-order chi connectivity index (χ0) is 53.4. The first kappa shape index (κ1) is 70.8. The Morgan fingerprint density at radius 1 is 0.324 bits per heavy atom. The summed E-state index contributed by atoms with van der Waals surface area (Å²) in [4.78, 5) is 24.6. The predicted molar refractivity (Wildman–Crippen MR) is 325 cm³/mol. The third kappa shape index (κ3) is 61.4. The predicted octanol–water partition coefficient (Wildman–Crippen LogP) is 21.9. The molecular formula is C69H120O5. The van der Waals surface area contributed by atoms with Gasteiger partial charge in [-0.1, -0.05) is 297 Å². The summed E-state index contributed by atoms with van der Waals surface area (Å²) in [6.07, 6.45) is 91.3. The van der Waals surface area contributed by atoms with Gasteiger partial charge >= 0.3 is 11.9 Å². The maximum atomic E-state index is 12.3. The van der Waals surface area contributed by atoms with Crippen molar-refractivity contribution in [2.45, 2.75) is 315 Å². The Labute approximate surface area is 459 Å². The number of aliphatic hydroxyl groups is 1. The number of aliphatic hydroxyl groups excluding tert-OH is 1. The lowest BCUT2D eigenvalue weighted by Gasteiger charge is -2.15. The van der Waals surface area contributed by atoms with Gasteiger partial charge in [0.1, 0.15) is 6.61 Å². The van der Waals surface area contributed by atoms with E-state index in [9.17, 15) is 14.7 Å². The first-order chi connectivity index (χ1) is 36.6. The zero-order valence-corrected chi connectivity index (χ0v) is 48.8. The molecule has 426 valence electrons. The highest BCUT2D eigenvalue weighted by Gasteiger charge is 2.16. The Morgan fingerprint density at radius 3 is 0.878 bits per heavy atom. The number of allylic oxidation sites excluding steroid dienone is 16. The van der Waals surface area contributed by atoms with E-state index in [-0.39, 0.29) is 25.2 Å². The second-order valence-electron chi connectivity index (χ2n) is 21.1. The monoisotopic (exact) mass is 1030 g/mol. The van der Waals surface area contributed by atoms with Crippen LogP contribution in [-0.4, -0.2) is 36.4 Å². The number of rotatable bonds is 58. The van der Waals surface area contributed by atoms with Crippen molar-refractivity contribution in [2.75, 3.05) is 13.2 Å². The molecule has 0 aliphatic rings. The van der Waals surface area contributed by atoms with Crippen molar-refractivity contribution in [1.82, 2.24) is 0 Å². The first-order valence-corrected chi connectivity index (χ1v) is 31.8. The van der Waals surface area contributed by atoms with Crippen molar-refractivity contribution >= 4 is 11.9 Å². The van der Waals surface area contributed by atoms with Gasteiger partial charge in [0.15, 0.2) is 6.10 Å². The van der Waals surface area contributed by atoms with Crippen LogP contribution >= 0.6 is 0 Å². The van der Waals surface area contributed by atoms with Crippen molar-refractivity contribution in [3.8, 4) is 0 Å². The van der Waals surface area contributed by atoms with Gasteiger partial charge in [0, 0.05) is 12.8 Å². The Bertz CT molecular complexity index is 1400. The number of ether oxygens (including phenoxy) is 2. The molecule has 0 spiro atoms. The lowest BCUT2D eigenvalue weighted by atomic mass is 10.0. The van der Waals surface area contributed by atoms with Gasteiger partial charge in [0.2, 0.25) is 0 Å². The fourth-order valence-corrected chi connectivity index (χ4v) is 9.12. The van der Waals surface area contributed by atoms with Crippen LogP contribution in [0.1, 0.15) is 309 Å². The van der Waals surface area contributed by atoms with Gasteiger partial charge in [0.25, 0.3) is 0 Å². The number of carbonyl (C=O) groups is 2. The molecule has 0 saturated heterocycles. The van der Waals surface area contributed by atoms with E-state index in [0.717, 1.165) is 89.9 Å². The zero-order valence-electron chi connectivity index (χ0n) is 48.8. The number of hydrogen-bond donors (Lipinski definition) is 1. The quantitative estimate of drug-likeness (QED) is 0.0373. The van der Waals surface area contributed by atoms with Crippen molar-refractivity contribution in [2.24, 2.45) is 0 Å². The van der Waals surface area contributed by atoms with Crippen molar-refractivity contribution in [1.29, 1.82) is 0 Å². The molecule has 0 bridgehead atoms. The molecule has 1 N–H and O–H groups in total. The van der Waals surface area contributed by atoms with Crippen LogP contribution in [0.3, 0.4) is 0 Å². The summed E-state index contributed by atoms with van der Waals surface area (Å²) in [6.45, 7) is 4.03. The second-order valence-corrected chi connectivity index (χ2v) is 21.1. The summed E-state index contributed by atoms with van der Waals surface area (Å²) in [7, 11) is 0. The van der Waals surface area contributed by atoms with Gasteiger partial charge in [0.05, 0.1) is 6.61 Å². The summed E-state index contributed by atoms with van der Waals surface area (Å²) in [6, 6.07) is 0. The largest absolute Gasteiger partial charge is 0.462 e. The van der Waals surface area contributed by atoms with E-state index in [2.05, 4.69) is 111 Å². The maximum absolute atomic E-state index is 12.3. The molecule has 0 rings (SSSR count). The molecular weight excluding hydrogens is 909 g/mol. The van der Waals surface area contributed by atoms with E-state index in [4.69, 9.17) is 9.47 Å². The average Bonchev–Trinajstić information content (AvgIpc) is 3.40. The molecule has 0 saturated carbocycles. The molecule has 1 atom stereocenters. The number of esters is 2. The molecule has 0 aliphatic carbocycles. The highest BCUT2D eigenvalue weighted by molar-refractivity contribution is 5.70. The Kier molecular flexibility index (Phi) is 61.4. The SMILES string of the molecule is CC/C=C\C/C=C\C/C=C\C/C=C\C/C=C\CCCCCCCCCCCCCCCCCCCCCCCCCC(=O)OC(CO)COC(=O)CCCCCCCC/C=C\C/C=C\C/C=C\CCCCCCC. The highest BCUT2D eigenvalue weighted by atomic mass is 16.6. The molecule has 74 heavy (non-hydrogen) atoms.